The molecule has 1 aromatic heterocycles. The first kappa shape index (κ1) is 22.9. The lowest BCUT2D eigenvalue weighted by Crippen LogP contribution is -2.23. The number of fused-ring (bicyclic) bond motifs is 1. The molecule has 1 N–H and O–H groups in total. The minimum absolute atomic E-state index is 0.175. The Hall–Kier alpha value is -2.54. The highest BCUT2D eigenvalue weighted by molar-refractivity contribution is 6.39. The molecule has 0 amide bonds. The van der Waals surface area contributed by atoms with Gasteiger partial charge >= 0.3 is 5.97 Å². The van der Waals surface area contributed by atoms with E-state index in [1.54, 1.807) is 12.1 Å². The van der Waals surface area contributed by atoms with Gasteiger partial charge in [-0.3, -0.25) is 0 Å². The van der Waals surface area contributed by atoms with E-state index in [1.807, 2.05) is 30.3 Å². The van der Waals surface area contributed by atoms with Crippen LogP contribution in [-0.2, 0) is 11.3 Å². The van der Waals surface area contributed by atoms with Gasteiger partial charge in [-0.15, -0.1) is 0 Å². The number of carboxylic acids is 1. The first-order valence-corrected chi connectivity index (χ1v) is 12.9. The molecule has 6 rings (SSSR count). The highest BCUT2D eigenvalue weighted by Gasteiger charge is 2.42. The molecule has 1 saturated heterocycles. The SMILES string of the molecule is O=C(O)c1cccc(N2CC3CC(OCc4c(-c5c(Cl)cccc5Cl)noc4C4CC4)CC3C2)c1. The summed E-state index contributed by atoms with van der Waals surface area (Å²) in [5.74, 6) is 1.48. The number of ether oxygens (including phenoxy) is 1. The lowest BCUT2D eigenvalue weighted by atomic mass is 10.0. The monoisotopic (exact) mass is 512 g/mol. The molecule has 0 radical (unpaired) electrons. The smallest absolute Gasteiger partial charge is 0.335 e. The molecule has 3 aliphatic rings. The topological polar surface area (TPSA) is 75.8 Å². The van der Waals surface area contributed by atoms with Crippen LogP contribution in [0, 0.1) is 11.8 Å². The van der Waals surface area contributed by atoms with Crippen molar-refractivity contribution >= 4 is 34.9 Å². The molecular formula is C27H26Cl2N2O4. The number of rotatable bonds is 7. The third-order valence-electron chi connectivity index (χ3n) is 7.60. The lowest BCUT2D eigenvalue weighted by molar-refractivity contribution is 0.0403. The van der Waals surface area contributed by atoms with E-state index in [0.717, 1.165) is 55.8 Å². The maximum absolute atomic E-state index is 11.3. The van der Waals surface area contributed by atoms with Gasteiger partial charge in [0.2, 0.25) is 0 Å². The van der Waals surface area contributed by atoms with E-state index in [0.29, 0.717) is 51.2 Å². The Morgan fingerprint density at radius 3 is 2.43 bits per heavy atom. The molecule has 182 valence electrons. The molecule has 2 aliphatic carbocycles. The van der Waals surface area contributed by atoms with E-state index in [9.17, 15) is 9.90 Å². The average molecular weight is 513 g/mol. The van der Waals surface area contributed by atoms with E-state index in [1.165, 1.54) is 0 Å². The van der Waals surface area contributed by atoms with Crippen molar-refractivity contribution in [3.63, 3.8) is 0 Å². The number of carbonyl (C=O) groups is 1. The summed E-state index contributed by atoms with van der Waals surface area (Å²) in [7, 11) is 0. The lowest BCUT2D eigenvalue weighted by Gasteiger charge is -2.22. The normalized spacial score (nSPS) is 23.6. The first-order valence-electron chi connectivity index (χ1n) is 12.1. The van der Waals surface area contributed by atoms with Gasteiger partial charge in [0.25, 0.3) is 0 Å². The fraction of sp³-hybridized carbons (Fsp3) is 0.407. The minimum Gasteiger partial charge on any atom is -0.478 e. The second kappa shape index (κ2) is 9.16. The van der Waals surface area contributed by atoms with Crippen molar-refractivity contribution in [2.24, 2.45) is 11.8 Å². The van der Waals surface area contributed by atoms with Crippen LogP contribution in [0.5, 0.6) is 0 Å². The number of hydrogen-bond donors (Lipinski definition) is 1. The fourth-order valence-electron chi connectivity index (χ4n) is 5.68. The molecule has 0 spiro atoms. The minimum atomic E-state index is -0.892. The molecule has 2 atom stereocenters. The molecule has 3 fully saturated rings. The average Bonchev–Trinajstić information content (AvgIpc) is 3.30. The van der Waals surface area contributed by atoms with Gasteiger partial charge in [-0.2, -0.15) is 0 Å². The van der Waals surface area contributed by atoms with Crippen LogP contribution in [-0.4, -0.2) is 35.4 Å². The Morgan fingerprint density at radius 1 is 1.09 bits per heavy atom. The molecule has 6 nitrogen and oxygen atoms in total. The van der Waals surface area contributed by atoms with Crippen molar-refractivity contribution in [2.75, 3.05) is 18.0 Å². The first-order chi connectivity index (χ1) is 17.0. The van der Waals surface area contributed by atoms with Gasteiger partial charge in [-0.05, 0) is 67.9 Å². The Morgan fingerprint density at radius 2 is 1.77 bits per heavy atom. The van der Waals surface area contributed by atoms with Crippen LogP contribution in [0.1, 0.15) is 53.3 Å². The second-order valence-corrected chi connectivity index (χ2v) is 10.7. The quantitative estimate of drug-likeness (QED) is 0.381. The number of aromatic carboxylic acids is 1. The molecule has 2 aromatic carbocycles. The number of aromatic nitrogens is 1. The van der Waals surface area contributed by atoms with Gasteiger partial charge in [0.05, 0.1) is 28.3 Å². The second-order valence-electron chi connectivity index (χ2n) is 9.93. The summed E-state index contributed by atoms with van der Waals surface area (Å²) in [6.07, 6.45) is 4.36. The maximum atomic E-state index is 11.3. The summed E-state index contributed by atoms with van der Waals surface area (Å²) in [6, 6.07) is 12.7. The molecule has 2 saturated carbocycles. The molecular weight excluding hydrogens is 487 g/mol. The maximum Gasteiger partial charge on any atom is 0.335 e. The Kier molecular flexibility index (Phi) is 5.99. The van der Waals surface area contributed by atoms with Crippen LogP contribution < -0.4 is 4.90 Å². The van der Waals surface area contributed by atoms with Gasteiger partial charge in [0.15, 0.2) is 0 Å². The molecule has 1 aliphatic heterocycles. The van der Waals surface area contributed by atoms with Crippen molar-refractivity contribution in [3.05, 3.63) is 69.4 Å². The van der Waals surface area contributed by atoms with Crippen molar-refractivity contribution in [3.8, 4) is 11.3 Å². The predicted octanol–water partition coefficient (Wildman–Crippen LogP) is 6.66. The van der Waals surface area contributed by atoms with Crippen LogP contribution in [0.4, 0.5) is 5.69 Å². The number of nitrogens with zero attached hydrogens (tertiary/aromatic N) is 2. The summed E-state index contributed by atoms with van der Waals surface area (Å²) in [5, 5.41) is 14.8. The molecule has 0 bridgehead atoms. The van der Waals surface area contributed by atoms with Crippen LogP contribution >= 0.6 is 23.2 Å². The zero-order valence-electron chi connectivity index (χ0n) is 19.1. The Bertz CT molecular complexity index is 1240. The summed E-state index contributed by atoms with van der Waals surface area (Å²) >= 11 is 13.0. The third-order valence-corrected chi connectivity index (χ3v) is 8.23. The standard InChI is InChI=1S/C27H26Cl2N2O4/c28-22-5-2-6-23(29)24(22)25-21(26(35-30-25)15-7-8-15)14-34-20-10-17-12-31(13-18(17)11-20)19-4-1-3-16(9-19)27(32)33/h1-6,9,15,17-18,20H,7-8,10-14H2,(H,32,33). The molecule has 35 heavy (non-hydrogen) atoms. The van der Waals surface area contributed by atoms with Crippen molar-refractivity contribution < 1.29 is 19.2 Å². The molecule has 8 heteroatoms. The van der Waals surface area contributed by atoms with E-state index in [2.05, 4.69) is 10.1 Å². The summed E-state index contributed by atoms with van der Waals surface area (Å²) in [6.45, 7) is 2.28. The number of anilines is 1. The third kappa shape index (κ3) is 4.44. The number of halogens is 2. The fourth-order valence-corrected chi connectivity index (χ4v) is 6.25. The largest absolute Gasteiger partial charge is 0.478 e. The predicted molar refractivity (Wildman–Crippen MR) is 134 cm³/mol. The van der Waals surface area contributed by atoms with Crippen molar-refractivity contribution in [2.45, 2.75) is 44.3 Å². The molecule has 2 unspecified atom stereocenters. The zero-order chi connectivity index (χ0) is 24.1. The Labute approximate surface area is 213 Å². The van der Waals surface area contributed by atoms with Crippen LogP contribution in [0.3, 0.4) is 0 Å². The van der Waals surface area contributed by atoms with E-state index < -0.39 is 5.97 Å². The van der Waals surface area contributed by atoms with Crippen LogP contribution in [0.15, 0.2) is 47.0 Å². The Balaban J connectivity index is 1.14. The highest BCUT2D eigenvalue weighted by atomic mass is 35.5. The van der Waals surface area contributed by atoms with Gasteiger partial charge in [-0.1, -0.05) is 40.5 Å². The van der Waals surface area contributed by atoms with Crippen LogP contribution in [0.25, 0.3) is 11.3 Å². The summed E-state index contributed by atoms with van der Waals surface area (Å²) in [5.41, 5.74) is 3.66. The summed E-state index contributed by atoms with van der Waals surface area (Å²) in [4.78, 5) is 13.6. The summed E-state index contributed by atoms with van der Waals surface area (Å²) < 4.78 is 12.2. The molecule has 3 aromatic rings. The van der Waals surface area contributed by atoms with Gasteiger partial charge < -0.3 is 19.3 Å². The van der Waals surface area contributed by atoms with E-state index >= 15 is 0 Å². The van der Waals surface area contributed by atoms with E-state index in [4.69, 9.17) is 32.5 Å². The van der Waals surface area contributed by atoms with Crippen molar-refractivity contribution in [1.82, 2.24) is 5.16 Å². The zero-order valence-corrected chi connectivity index (χ0v) is 20.6. The van der Waals surface area contributed by atoms with Gasteiger partial charge in [-0.25, -0.2) is 4.79 Å². The van der Waals surface area contributed by atoms with Crippen molar-refractivity contribution in [1.29, 1.82) is 0 Å². The highest BCUT2D eigenvalue weighted by Crippen LogP contribution is 2.47. The van der Waals surface area contributed by atoms with E-state index in [-0.39, 0.29) is 6.10 Å². The molecule has 2 heterocycles. The number of hydrogen-bond acceptors (Lipinski definition) is 5. The van der Waals surface area contributed by atoms with Gasteiger partial charge in [0.1, 0.15) is 11.5 Å². The number of carboxylic acid groups (broad SMARTS) is 1. The van der Waals surface area contributed by atoms with Gasteiger partial charge in [0, 0.05) is 35.8 Å². The van der Waals surface area contributed by atoms with Crippen LogP contribution in [0.2, 0.25) is 10.0 Å². The number of benzene rings is 2.